The number of hydrogen-bond donors (Lipinski definition) is 2. The van der Waals surface area contributed by atoms with E-state index in [1.54, 1.807) is 0 Å². The largest absolute Gasteiger partial charge is 0.349 e. The molecule has 0 saturated carbocycles. The summed E-state index contributed by atoms with van der Waals surface area (Å²) in [6, 6.07) is 8.02. The molecule has 0 radical (unpaired) electrons. The van der Waals surface area contributed by atoms with E-state index in [4.69, 9.17) is 0 Å². The van der Waals surface area contributed by atoms with Gasteiger partial charge in [0.1, 0.15) is 5.82 Å². The van der Waals surface area contributed by atoms with Gasteiger partial charge in [-0.3, -0.25) is 4.79 Å². The lowest BCUT2D eigenvalue weighted by molar-refractivity contribution is -0.125. The van der Waals surface area contributed by atoms with Gasteiger partial charge in [-0.25, -0.2) is 4.98 Å². The van der Waals surface area contributed by atoms with Crippen molar-refractivity contribution in [2.75, 3.05) is 13.1 Å². The summed E-state index contributed by atoms with van der Waals surface area (Å²) in [5.74, 6) is 1.19. The number of nitrogens with zero attached hydrogens (tertiary/aromatic N) is 2. The average Bonchev–Trinajstić information content (AvgIpc) is 2.83. The molecule has 1 amide bonds. The fourth-order valence-corrected chi connectivity index (χ4v) is 2.75. The van der Waals surface area contributed by atoms with Crippen molar-refractivity contribution >= 4 is 16.9 Å². The van der Waals surface area contributed by atoms with E-state index in [1.807, 2.05) is 35.9 Å². The van der Waals surface area contributed by atoms with Gasteiger partial charge < -0.3 is 15.2 Å². The zero-order valence-corrected chi connectivity index (χ0v) is 11.7. The van der Waals surface area contributed by atoms with E-state index in [9.17, 15) is 4.79 Å². The summed E-state index contributed by atoms with van der Waals surface area (Å²) >= 11 is 0. The van der Waals surface area contributed by atoms with Crippen molar-refractivity contribution in [2.45, 2.75) is 19.4 Å². The average molecular weight is 272 g/mol. The Balaban J connectivity index is 1.67. The van der Waals surface area contributed by atoms with Gasteiger partial charge in [-0.1, -0.05) is 12.1 Å². The lowest BCUT2D eigenvalue weighted by atomic mass is 9.97. The number of imidazole rings is 1. The summed E-state index contributed by atoms with van der Waals surface area (Å²) in [5, 5.41) is 6.29. The third-order valence-electron chi connectivity index (χ3n) is 4.01. The Labute approximate surface area is 118 Å². The highest BCUT2D eigenvalue weighted by Gasteiger charge is 2.20. The topological polar surface area (TPSA) is 59.0 Å². The number of hydrogen-bond acceptors (Lipinski definition) is 3. The Kier molecular flexibility index (Phi) is 3.69. The van der Waals surface area contributed by atoms with E-state index in [1.165, 1.54) is 0 Å². The molecule has 3 rings (SSSR count). The standard InChI is InChI=1S/C15H20N4O/c1-19-13-5-3-2-4-12(13)18-14(19)10-17-15(20)11-6-8-16-9-7-11/h2-5,11,16H,6-10H2,1H3,(H,17,20). The number of fused-ring (bicyclic) bond motifs is 1. The van der Waals surface area contributed by atoms with Crippen molar-refractivity contribution in [1.82, 2.24) is 20.2 Å². The van der Waals surface area contributed by atoms with E-state index in [2.05, 4.69) is 15.6 Å². The fourth-order valence-electron chi connectivity index (χ4n) is 2.75. The summed E-state index contributed by atoms with van der Waals surface area (Å²) < 4.78 is 2.04. The first-order chi connectivity index (χ1) is 9.75. The minimum Gasteiger partial charge on any atom is -0.349 e. The molecule has 0 unspecified atom stereocenters. The van der Waals surface area contributed by atoms with Crippen LogP contribution in [0.15, 0.2) is 24.3 Å². The predicted octanol–water partition coefficient (Wildman–Crippen LogP) is 1.19. The highest BCUT2D eigenvalue weighted by atomic mass is 16.1. The molecule has 0 bridgehead atoms. The van der Waals surface area contributed by atoms with Crippen molar-refractivity contribution < 1.29 is 4.79 Å². The van der Waals surface area contributed by atoms with Crippen LogP contribution in [0.25, 0.3) is 11.0 Å². The normalized spacial score (nSPS) is 16.4. The van der Waals surface area contributed by atoms with Gasteiger partial charge in [0.05, 0.1) is 17.6 Å². The second kappa shape index (κ2) is 5.63. The van der Waals surface area contributed by atoms with Gasteiger partial charge >= 0.3 is 0 Å². The molecule has 2 aromatic rings. The molecule has 1 aliphatic heterocycles. The van der Waals surface area contributed by atoms with Crippen LogP contribution in [0.5, 0.6) is 0 Å². The number of carbonyl (C=O) groups excluding carboxylic acids is 1. The Morgan fingerprint density at radius 1 is 1.40 bits per heavy atom. The van der Waals surface area contributed by atoms with Gasteiger partial charge in [0.15, 0.2) is 0 Å². The van der Waals surface area contributed by atoms with Crippen LogP contribution in [-0.2, 0) is 18.4 Å². The zero-order chi connectivity index (χ0) is 13.9. The molecule has 1 saturated heterocycles. The van der Waals surface area contributed by atoms with E-state index < -0.39 is 0 Å². The van der Waals surface area contributed by atoms with Crippen molar-refractivity contribution in [3.05, 3.63) is 30.1 Å². The molecule has 1 aromatic carbocycles. The number of nitrogens with one attached hydrogen (secondary N) is 2. The molecule has 20 heavy (non-hydrogen) atoms. The summed E-state index contributed by atoms with van der Waals surface area (Å²) in [6.07, 6.45) is 1.85. The molecule has 2 N–H and O–H groups in total. The molecule has 106 valence electrons. The lowest BCUT2D eigenvalue weighted by Gasteiger charge is -2.21. The quantitative estimate of drug-likeness (QED) is 0.882. The highest BCUT2D eigenvalue weighted by Crippen LogP contribution is 2.15. The monoisotopic (exact) mass is 272 g/mol. The van der Waals surface area contributed by atoms with Crippen LogP contribution in [-0.4, -0.2) is 28.5 Å². The van der Waals surface area contributed by atoms with E-state index >= 15 is 0 Å². The van der Waals surface area contributed by atoms with Crippen molar-refractivity contribution in [3.8, 4) is 0 Å². The van der Waals surface area contributed by atoms with Gasteiger partial charge in [0.2, 0.25) is 5.91 Å². The van der Waals surface area contributed by atoms with E-state index in [0.717, 1.165) is 42.8 Å². The molecular weight excluding hydrogens is 252 g/mol. The number of carbonyl (C=O) groups is 1. The minimum absolute atomic E-state index is 0.144. The smallest absolute Gasteiger partial charge is 0.223 e. The van der Waals surface area contributed by atoms with E-state index in [-0.39, 0.29) is 11.8 Å². The van der Waals surface area contributed by atoms with Crippen LogP contribution in [0.4, 0.5) is 0 Å². The fraction of sp³-hybridized carbons (Fsp3) is 0.467. The van der Waals surface area contributed by atoms with Gasteiger partial charge in [0, 0.05) is 13.0 Å². The second-order valence-corrected chi connectivity index (χ2v) is 5.32. The molecule has 1 aliphatic rings. The molecule has 5 heteroatoms. The summed E-state index contributed by atoms with van der Waals surface area (Å²) in [6.45, 7) is 2.36. The van der Waals surface area contributed by atoms with Crippen LogP contribution >= 0.6 is 0 Å². The lowest BCUT2D eigenvalue weighted by Crippen LogP contribution is -2.38. The molecule has 0 aliphatic carbocycles. The number of piperidine rings is 1. The summed E-state index contributed by atoms with van der Waals surface area (Å²) in [4.78, 5) is 16.7. The number of aryl methyl sites for hydroxylation is 1. The maximum atomic E-state index is 12.1. The zero-order valence-electron chi connectivity index (χ0n) is 11.7. The molecule has 1 aromatic heterocycles. The Morgan fingerprint density at radius 3 is 2.90 bits per heavy atom. The third-order valence-corrected chi connectivity index (χ3v) is 4.01. The first-order valence-electron chi connectivity index (χ1n) is 7.14. The Bertz CT molecular complexity index is 613. The number of aromatic nitrogens is 2. The van der Waals surface area contributed by atoms with Gasteiger partial charge in [-0.15, -0.1) is 0 Å². The van der Waals surface area contributed by atoms with Gasteiger partial charge in [-0.2, -0.15) is 0 Å². The number of para-hydroxylation sites is 2. The van der Waals surface area contributed by atoms with Crippen molar-refractivity contribution in [1.29, 1.82) is 0 Å². The Morgan fingerprint density at radius 2 is 2.15 bits per heavy atom. The van der Waals surface area contributed by atoms with E-state index in [0.29, 0.717) is 6.54 Å². The number of amides is 1. The molecule has 0 spiro atoms. The van der Waals surface area contributed by atoms with Crippen LogP contribution in [0.3, 0.4) is 0 Å². The van der Waals surface area contributed by atoms with Crippen molar-refractivity contribution in [2.24, 2.45) is 13.0 Å². The first kappa shape index (κ1) is 13.1. The molecule has 5 nitrogen and oxygen atoms in total. The van der Waals surface area contributed by atoms with Gasteiger partial charge in [-0.05, 0) is 38.1 Å². The van der Waals surface area contributed by atoms with Crippen LogP contribution in [0.2, 0.25) is 0 Å². The van der Waals surface area contributed by atoms with Crippen LogP contribution < -0.4 is 10.6 Å². The first-order valence-corrected chi connectivity index (χ1v) is 7.14. The van der Waals surface area contributed by atoms with Gasteiger partial charge in [0.25, 0.3) is 0 Å². The molecule has 2 heterocycles. The second-order valence-electron chi connectivity index (χ2n) is 5.32. The maximum Gasteiger partial charge on any atom is 0.223 e. The Hall–Kier alpha value is -1.88. The number of rotatable bonds is 3. The summed E-state index contributed by atoms with van der Waals surface area (Å²) in [7, 11) is 1.99. The summed E-state index contributed by atoms with van der Waals surface area (Å²) in [5.41, 5.74) is 2.07. The molecule has 1 fully saturated rings. The highest BCUT2D eigenvalue weighted by molar-refractivity contribution is 5.79. The van der Waals surface area contributed by atoms with Crippen LogP contribution in [0.1, 0.15) is 18.7 Å². The van der Waals surface area contributed by atoms with Crippen molar-refractivity contribution in [3.63, 3.8) is 0 Å². The minimum atomic E-state index is 0.144. The molecular formula is C15H20N4O. The predicted molar refractivity (Wildman–Crippen MR) is 78.2 cm³/mol. The SMILES string of the molecule is Cn1c(CNC(=O)C2CCNCC2)nc2ccccc21. The van der Waals surface area contributed by atoms with Crippen LogP contribution in [0, 0.1) is 5.92 Å². The number of benzene rings is 1. The maximum absolute atomic E-state index is 12.1. The third kappa shape index (κ3) is 2.54. The molecule has 0 atom stereocenters.